The first-order chi connectivity index (χ1) is 13.7. The second-order valence-electron chi connectivity index (χ2n) is 6.92. The van der Waals surface area contributed by atoms with Gasteiger partial charge in [0, 0.05) is 30.4 Å². The molecule has 1 aliphatic heterocycles. The number of nitrogens with zero attached hydrogens (tertiary/aromatic N) is 3. The standard InChI is InChI=1S/C20H22BrN3O3S2/c1-14-13-24(19(25)11-15-7-9-16(21)10-8-15)20(28-14)22-17-5-4-6-18(12-17)29(26,27)23(2)3/h4-10,12,14H,11,13H2,1-3H3. The van der Waals surface area contributed by atoms with Gasteiger partial charge in [0.15, 0.2) is 5.17 Å². The van der Waals surface area contributed by atoms with Crippen LogP contribution < -0.4 is 0 Å². The molecule has 0 aromatic heterocycles. The van der Waals surface area contributed by atoms with Crippen LogP contribution in [0.15, 0.2) is 62.9 Å². The van der Waals surface area contributed by atoms with Crippen molar-refractivity contribution in [2.75, 3.05) is 20.6 Å². The highest BCUT2D eigenvalue weighted by molar-refractivity contribution is 9.10. The van der Waals surface area contributed by atoms with Gasteiger partial charge in [-0.15, -0.1) is 0 Å². The summed E-state index contributed by atoms with van der Waals surface area (Å²) in [5.74, 6) is -0.0278. The van der Waals surface area contributed by atoms with Gasteiger partial charge in [0.25, 0.3) is 0 Å². The zero-order valence-electron chi connectivity index (χ0n) is 16.4. The Morgan fingerprint density at radius 3 is 2.59 bits per heavy atom. The lowest BCUT2D eigenvalue weighted by atomic mass is 10.1. The van der Waals surface area contributed by atoms with E-state index in [1.54, 1.807) is 23.1 Å². The van der Waals surface area contributed by atoms with Crippen LogP contribution in [-0.2, 0) is 21.2 Å². The second-order valence-corrected chi connectivity index (χ2v) is 11.4. The van der Waals surface area contributed by atoms with Gasteiger partial charge in [-0.2, -0.15) is 0 Å². The van der Waals surface area contributed by atoms with Gasteiger partial charge in [-0.25, -0.2) is 17.7 Å². The summed E-state index contributed by atoms with van der Waals surface area (Å²) in [6.45, 7) is 2.62. The number of benzene rings is 2. The normalized spacial score (nSPS) is 18.6. The molecule has 0 aliphatic carbocycles. The maximum absolute atomic E-state index is 12.9. The largest absolute Gasteiger partial charge is 0.290 e. The van der Waals surface area contributed by atoms with Crippen molar-refractivity contribution in [2.24, 2.45) is 4.99 Å². The van der Waals surface area contributed by atoms with Crippen LogP contribution in [0.1, 0.15) is 12.5 Å². The summed E-state index contributed by atoms with van der Waals surface area (Å²) in [6.07, 6.45) is 0.286. The Morgan fingerprint density at radius 1 is 1.24 bits per heavy atom. The maximum atomic E-state index is 12.9. The van der Waals surface area contributed by atoms with Crippen LogP contribution in [-0.4, -0.2) is 54.6 Å². The molecule has 0 bridgehead atoms. The molecule has 0 N–H and O–H groups in total. The number of amides is 1. The molecule has 1 fully saturated rings. The van der Waals surface area contributed by atoms with E-state index in [9.17, 15) is 13.2 Å². The smallest absolute Gasteiger partial charge is 0.242 e. The van der Waals surface area contributed by atoms with E-state index in [1.165, 1.54) is 36.2 Å². The van der Waals surface area contributed by atoms with Crippen LogP contribution >= 0.6 is 27.7 Å². The van der Waals surface area contributed by atoms with E-state index in [-0.39, 0.29) is 22.5 Å². The molecule has 1 heterocycles. The van der Waals surface area contributed by atoms with Gasteiger partial charge >= 0.3 is 0 Å². The summed E-state index contributed by atoms with van der Waals surface area (Å²) < 4.78 is 26.9. The third-order valence-electron chi connectivity index (χ3n) is 4.37. The summed E-state index contributed by atoms with van der Waals surface area (Å²) in [4.78, 5) is 19.3. The number of hydrogen-bond acceptors (Lipinski definition) is 5. The third-order valence-corrected chi connectivity index (χ3v) is 7.78. The Morgan fingerprint density at radius 2 is 1.93 bits per heavy atom. The Bertz CT molecular complexity index is 1040. The number of thioether (sulfide) groups is 1. The number of sulfonamides is 1. The third kappa shape index (κ3) is 5.28. The van der Waals surface area contributed by atoms with Gasteiger partial charge < -0.3 is 0 Å². The van der Waals surface area contributed by atoms with Crippen LogP contribution in [0.4, 0.5) is 5.69 Å². The van der Waals surface area contributed by atoms with E-state index in [2.05, 4.69) is 20.9 Å². The molecule has 1 aliphatic rings. The number of hydrogen-bond donors (Lipinski definition) is 0. The van der Waals surface area contributed by atoms with Crippen LogP contribution in [0.2, 0.25) is 0 Å². The van der Waals surface area contributed by atoms with Gasteiger partial charge in [0.05, 0.1) is 17.0 Å². The first-order valence-electron chi connectivity index (χ1n) is 8.99. The molecule has 1 unspecified atom stereocenters. The molecular weight excluding hydrogens is 474 g/mol. The number of aliphatic imine (C=N–C) groups is 1. The zero-order chi connectivity index (χ0) is 21.2. The molecule has 1 saturated heterocycles. The predicted octanol–water partition coefficient (Wildman–Crippen LogP) is 3.89. The maximum Gasteiger partial charge on any atom is 0.242 e. The molecule has 0 saturated carbocycles. The Kier molecular flexibility index (Phi) is 6.83. The highest BCUT2D eigenvalue weighted by Crippen LogP contribution is 2.30. The van der Waals surface area contributed by atoms with E-state index in [1.807, 2.05) is 31.2 Å². The second kappa shape index (κ2) is 8.99. The van der Waals surface area contributed by atoms with Gasteiger partial charge in [-0.3, -0.25) is 9.69 Å². The van der Waals surface area contributed by atoms with Gasteiger partial charge in [-0.05, 0) is 35.9 Å². The zero-order valence-corrected chi connectivity index (χ0v) is 19.6. The molecule has 1 atom stereocenters. The van der Waals surface area contributed by atoms with Crippen molar-refractivity contribution in [2.45, 2.75) is 23.5 Å². The van der Waals surface area contributed by atoms with Crippen molar-refractivity contribution >= 4 is 54.5 Å². The lowest BCUT2D eigenvalue weighted by Gasteiger charge is -2.16. The van der Waals surface area contributed by atoms with Crippen molar-refractivity contribution < 1.29 is 13.2 Å². The molecule has 29 heavy (non-hydrogen) atoms. The van der Waals surface area contributed by atoms with E-state index >= 15 is 0 Å². The molecule has 1 amide bonds. The van der Waals surface area contributed by atoms with Gasteiger partial charge in [0.2, 0.25) is 15.9 Å². The van der Waals surface area contributed by atoms with Gasteiger partial charge in [0.1, 0.15) is 0 Å². The van der Waals surface area contributed by atoms with Crippen molar-refractivity contribution in [3.63, 3.8) is 0 Å². The van der Waals surface area contributed by atoms with Crippen molar-refractivity contribution in [3.05, 3.63) is 58.6 Å². The van der Waals surface area contributed by atoms with Crippen LogP contribution in [0.25, 0.3) is 0 Å². The van der Waals surface area contributed by atoms with E-state index in [0.29, 0.717) is 17.4 Å². The summed E-state index contributed by atoms with van der Waals surface area (Å²) in [5, 5.41) is 0.815. The van der Waals surface area contributed by atoms with Crippen molar-refractivity contribution in [3.8, 4) is 0 Å². The number of rotatable bonds is 5. The molecule has 154 valence electrons. The average molecular weight is 496 g/mol. The molecule has 9 heteroatoms. The lowest BCUT2D eigenvalue weighted by molar-refractivity contribution is -0.126. The van der Waals surface area contributed by atoms with Crippen LogP contribution in [0.5, 0.6) is 0 Å². The topological polar surface area (TPSA) is 70.0 Å². The molecule has 6 nitrogen and oxygen atoms in total. The van der Waals surface area contributed by atoms with Gasteiger partial charge in [-0.1, -0.05) is 52.8 Å². The summed E-state index contributed by atoms with van der Waals surface area (Å²) >= 11 is 4.91. The van der Waals surface area contributed by atoms with E-state index < -0.39 is 10.0 Å². The minimum atomic E-state index is -3.54. The summed E-state index contributed by atoms with van der Waals surface area (Å²) in [5.41, 5.74) is 1.44. The van der Waals surface area contributed by atoms with Crippen LogP contribution in [0.3, 0.4) is 0 Å². The first-order valence-corrected chi connectivity index (χ1v) is 12.1. The number of amidine groups is 1. The molecule has 0 spiro atoms. The molecular formula is C20H22BrN3O3S2. The van der Waals surface area contributed by atoms with E-state index in [0.717, 1.165) is 10.0 Å². The SMILES string of the molecule is CC1CN(C(=O)Cc2ccc(Br)cc2)C(=Nc2cccc(S(=O)(=O)N(C)C)c2)S1. The highest BCUT2D eigenvalue weighted by atomic mass is 79.9. The Balaban J connectivity index is 1.85. The number of carbonyl (C=O) groups is 1. The predicted molar refractivity (Wildman–Crippen MR) is 121 cm³/mol. The Labute approximate surface area is 184 Å². The minimum absolute atomic E-state index is 0.0278. The number of carbonyl (C=O) groups excluding carboxylic acids is 1. The van der Waals surface area contributed by atoms with E-state index in [4.69, 9.17) is 0 Å². The average Bonchev–Trinajstić information content (AvgIpc) is 3.04. The highest BCUT2D eigenvalue weighted by Gasteiger charge is 2.30. The lowest BCUT2D eigenvalue weighted by Crippen LogP contribution is -2.33. The van der Waals surface area contributed by atoms with Crippen molar-refractivity contribution in [1.82, 2.24) is 9.21 Å². The first kappa shape index (κ1) is 22.0. The fourth-order valence-corrected chi connectivity index (χ4v) is 5.07. The Hall–Kier alpha value is -1.68. The quantitative estimate of drug-likeness (QED) is 0.630. The van der Waals surface area contributed by atoms with Crippen molar-refractivity contribution in [1.29, 1.82) is 0 Å². The molecule has 3 rings (SSSR count). The van der Waals surface area contributed by atoms with Crippen LogP contribution in [0, 0.1) is 0 Å². The number of halogens is 1. The summed E-state index contributed by atoms with van der Waals surface area (Å²) in [7, 11) is -0.563. The molecule has 2 aromatic rings. The molecule has 0 radical (unpaired) electrons. The fourth-order valence-electron chi connectivity index (χ4n) is 2.82. The molecule has 2 aromatic carbocycles. The summed E-state index contributed by atoms with van der Waals surface area (Å²) in [6, 6.07) is 14.1. The minimum Gasteiger partial charge on any atom is -0.290 e. The fraction of sp³-hybridized carbons (Fsp3) is 0.300. The monoisotopic (exact) mass is 495 g/mol.